The van der Waals surface area contributed by atoms with Gasteiger partial charge < -0.3 is 15.8 Å². The van der Waals surface area contributed by atoms with E-state index in [4.69, 9.17) is 15.5 Å². The van der Waals surface area contributed by atoms with E-state index >= 15 is 0 Å². The molecule has 1 unspecified atom stereocenters. The van der Waals surface area contributed by atoms with Crippen LogP contribution in [0.15, 0.2) is 28.2 Å². The number of nitrogens with two attached hydrogens (primary N) is 1. The third kappa shape index (κ3) is 6.73. The number of nitrogens with zero attached hydrogens (tertiary/aromatic N) is 2. The van der Waals surface area contributed by atoms with Crippen molar-refractivity contribution in [2.24, 2.45) is 15.7 Å². The molecule has 6 heteroatoms. The molecule has 1 aliphatic heterocycles. The van der Waals surface area contributed by atoms with Gasteiger partial charge in [0.05, 0.1) is 12.8 Å². The summed E-state index contributed by atoms with van der Waals surface area (Å²) in [6.45, 7) is 8.81. The van der Waals surface area contributed by atoms with Gasteiger partial charge in [0.15, 0.2) is 5.96 Å². The van der Waals surface area contributed by atoms with E-state index in [2.05, 4.69) is 55.5 Å². The average Bonchev–Trinajstić information content (AvgIpc) is 2.63. The number of benzene rings is 1. The smallest absolute Gasteiger partial charge is 0.204 e. The first kappa shape index (κ1) is 22.1. The molecule has 2 rings (SSSR count). The van der Waals surface area contributed by atoms with E-state index in [0.29, 0.717) is 11.9 Å². The number of nitrogens with one attached hydrogen (secondary N) is 2. The summed E-state index contributed by atoms with van der Waals surface area (Å²) in [5, 5.41) is 6.38. The molecule has 0 fully saturated rings. The third-order valence-electron chi connectivity index (χ3n) is 4.95. The summed E-state index contributed by atoms with van der Waals surface area (Å²) in [5.74, 6) is 1.79. The van der Waals surface area contributed by atoms with E-state index in [1.165, 1.54) is 37.7 Å². The molecule has 1 atom stereocenters. The van der Waals surface area contributed by atoms with Crippen molar-refractivity contribution >= 4 is 17.6 Å². The summed E-state index contributed by atoms with van der Waals surface area (Å²) in [4.78, 5) is 9.13. The summed E-state index contributed by atoms with van der Waals surface area (Å²) in [5.41, 5.74) is 8.13. The molecule has 0 aromatic heterocycles. The van der Waals surface area contributed by atoms with Crippen LogP contribution in [-0.4, -0.2) is 25.2 Å². The second-order valence-corrected chi connectivity index (χ2v) is 8.44. The Bertz CT molecular complexity index is 691. The van der Waals surface area contributed by atoms with Crippen molar-refractivity contribution in [3.63, 3.8) is 0 Å². The highest BCUT2D eigenvalue weighted by Crippen LogP contribution is 2.31. The number of rotatable bonds is 9. The van der Waals surface area contributed by atoms with Crippen molar-refractivity contribution in [3.05, 3.63) is 23.8 Å². The largest absolute Gasteiger partial charge is 0.495 e. The van der Waals surface area contributed by atoms with E-state index in [-0.39, 0.29) is 11.6 Å². The predicted octanol–water partition coefficient (Wildman–Crippen LogP) is 4.76. The van der Waals surface area contributed by atoms with Crippen molar-refractivity contribution in [1.82, 2.24) is 5.32 Å². The highest BCUT2D eigenvalue weighted by molar-refractivity contribution is 6.06. The fraction of sp³-hybridized carbons (Fsp3) is 0.636. The Kier molecular flexibility index (Phi) is 8.15. The Morgan fingerprint density at radius 3 is 2.50 bits per heavy atom. The minimum atomic E-state index is -0.133. The summed E-state index contributed by atoms with van der Waals surface area (Å²) in [6.07, 6.45) is 8.31. The van der Waals surface area contributed by atoms with Gasteiger partial charge in [-0.2, -0.15) is 0 Å². The molecule has 1 aromatic rings. The molecular weight excluding hydrogens is 350 g/mol. The normalized spacial score (nSPS) is 16.8. The Morgan fingerprint density at radius 1 is 1.11 bits per heavy atom. The molecule has 0 saturated heterocycles. The monoisotopic (exact) mass is 387 g/mol. The lowest BCUT2D eigenvalue weighted by atomic mass is 9.87. The van der Waals surface area contributed by atoms with Gasteiger partial charge in [-0.05, 0) is 36.0 Å². The molecule has 0 saturated carbocycles. The zero-order valence-corrected chi connectivity index (χ0v) is 18.1. The SMILES string of the molecule is CCCCCCCCC1N=C(N)NC(Nc2cc(C(C)(C)C)ccc2OC)=N1. The Balaban J connectivity index is 2.03. The zero-order valence-electron chi connectivity index (χ0n) is 18.1. The van der Waals surface area contributed by atoms with Crippen LogP contribution in [0.5, 0.6) is 5.75 Å². The highest BCUT2D eigenvalue weighted by atomic mass is 16.5. The molecular formula is C22H37N5O. The molecule has 28 heavy (non-hydrogen) atoms. The first-order valence-electron chi connectivity index (χ1n) is 10.5. The standard InChI is InChI=1S/C22H37N5O/c1-6-7-8-9-10-11-12-19-25-20(23)27-21(26-19)24-17-15-16(22(2,3)4)13-14-18(17)28-5/h13-15,19H,6-12H2,1-5H3,(H4,23,24,25,26,27). The summed E-state index contributed by atoms with van der Waals surface area (Å²) in [6, 6.07) is 6.18. The van der Waals surface area contributed by atoms with Gasteiger partial charge in [-0.1, -0.05) is 65.9 Å². The van der Waals surface area contributed by atoms with Crippen LogP contribution in [0.1, 0.15) is 78.2 Å². The first-order chi connectivity index (χ1) is 13.3. The molecule has 1 aromatic carbocycles. The van der Waals surface area contributed by atoms with Gasteiger partial charge in [0.25, 0.3) is 0 Å². The molecule has 0 aliphatic carbocycles. The summed E-state index contributed by atoms with van der Waals surface area (Å²) in [7, 11) is 1.67. The van der Waals surface area contributed by atoms with Crippen LogP contribution < -0.4 is 21.1 Å². The second kappa shape index (κ2) is 10.3. The highest BCUT2D eigenvalue weighted by Gasteiger charge is 2.19. The first-order valence-corrected chi connectivity index (χ1v) is 10.5. The molecule has 0 bridgehead atoms. The van der Waals surface area contributed by atoms with Crippen LogP contribution >= 0.6 is 0 Å². The predicted molar refractivity (Wildman–Crippen MR) is 119 cm³/mol. The van der Waals surface area contributed by atoms with Gasteiger partial charge in [0.2, 0.25) is 5.96 Å². The van der Waals surface area contributed by atoms with E-state index in [0.717, 1.165) is 24.3 Å². The molecule has 0 amide bonds. The second-order valence-electron chi connectivity index (χ2n) is 8.44. The van der Waals surface area contributed by atoms with Crippen LogP contribution in [0.2, 0.25) is 0 Å². The van der Waals surface area contributed by atoms with Crippen LogP contribution in [0.3, 0.4) is 0 Å². The lowest BCUT2D eigenvalue weighted by molar-refractivity contribution is 0.416. The number of anilines is 1. The lowest BCUT2D eigenvalue weighted by Gasteiger charge is -2.23. The van der Waals surface area contributed by atoms with Crippen molar-refractivity contribution in [2.75, 3.05) is 12.4 Å². The van der Waals surface area contributed by atoms with Gasteiger partial charge in [-0.15, -0.1) is 0 Å². The van der Waals surface area contributed by atoms with Gasteiger partial charge in [-0.25, -0.2) is 9.98 Å². The van der Waals surface area contributed by atoms with Gasteiger partial charge in [0.1, 0.15) is 11.9 Å². The Labute approximate surface area is 170 Å². The third-order valence-corrected chi connectivity index (χ3v) is 4.95. The van der Waals surface area contributed by atoms with Gasteiger partial charge >= 0.3 is 0 Å². The Morgan fingerprint density at radius 2 is 1.82 bits per heavy atom. The van der Waals surface area contributed by atoms with Crippen LogP contribution in [-0.2, 0) is 5.41 Å². The summed E-state index contributed by atoms with van der Waals surface area (Å²) >= 11 is 0. The van der Waals surface area contributed by atoms with E-state index < -0.39 is 0 Å². The number of hydrogen-bond donors (Lipinski definition) is 3. The topological polar surface area (TPSA) is 84.0 Å². The number of hydrogen-bond acceptors (Lipinski definition) is 6. The maximum Gasteiger partial charge on any atom is 0.204 e. The zero-order chi connectivity index (χ0) is 20.6. The molecule has 1 aliphatic rings. The average molecular weight is 388 g/mol. The molecule has 156 valence electrons. The van der Waals surface area contributed by atoms with Crippen molar-refractivity contribution in [2.45, 2.75) is 84.2 Å². The van der Waals surface area contributed by atoms with Crippen LogP contribution in [0.4, 0.5) is 5.69 Å². The number of ether oxygens (including phenoxy) is 1. The van der Waals surface area contributed by atoms with E-state index in [1.54, 1.807) is 7.11 Å². The molecule has 0 spiro atoms. The molecule has 1 heterocycles. The van der Waals surface area contributed by atoms with Crippen molar-refractivity contribution in [1.29, 1.82) is 0 Å². The lowest BCUT2D eigenvalue weighted by Crippen LogP contribution is -2.45. The van der Waals surface area contributed by atoms with Gasteiger partial charge in [0, 0.05) is 0 Å². The number of methoxy groups -OCH3 is 1. The molecule has 4 N–H and O–H groups in total. The van der Waals surface area contributed by atoms with E-state index in [9.17, 15) is 0 Å². The minimum Gasteiger partial charge on any atom is -0.495 e. The molecule has 0 radical (unpaired) electrons. The van der Waals surface area contributed by atoms with E-state index in [1.807, 2.05) is 6.07 Å². The van der Waals surface area contributed by atoms with Crippen LogP contribution in [0, 0.1) is 0 Å². The van der Waals surface area contributed by atoms with Crippen molar-refractivity contribution < 1.29 is 4.74 Å². The van der Waals surface area contributed by atoms with Crippen LogP contribution in [0.25, 0.3) is 0 Å². The fourth-order valence-corrected chi connectivity index (χ4v) is 3.22. The maximum absolute atomic E-state index is 6.00. The quantitative estimate of drug-likeness (QED) is 0.534. The Hall–Kier alpha value is -2.24. The van der Waals surface area contributed by atoms with Crippen molar-refractivity contribution in [3.8, 4) is 5.75 Å². The number of unbranched alkanes of at least 4 members (excludes halogenated alkanes) is 5. The molecule has 6 nitrogen and oxygen atoms in total. The number of aliphatic imine (C=N–C) groups is 2. The fourth-order valence-electron chi connectivity index (χ4n) is 3.22. The maximum atomic E-state index is 6.00. The van der Waals surface area contributed by atoms with Gasteiger partial charge in [-0.3, -0.25) is 5.32 Å². The summed E-state index contributed by atoms with van der Waals surface area (Å²) < 4.78 is 5.51. The minimum absolute atomic E-state index is 0.0469. The number of guanidine groups is 2.